The van der Waals surface area contributed by atoms with Gasteiger partial charge in [0, 0.05) is 12.6 Å². The first-order chi connectivity index (χ1) is 8.00. The smallest absolute Gasteiger partial charge is 0.332 e. The second-order valence-corrected chi connectivity index (χ2v) is 4.28. The fraction of sp³-hybridized carbons (Fsp3) is 0.600. The monoisotopic (exact) mass is 237 g/mol. The van der Waals surface area contributed by atoms with E-state index < -0.39 is 4.92 Å². The first-order valence-corrected chi connectivity index (χ1v) is 5.56. The van der Waals surface area contributed by atoms with Crippen LogP contribution in [-0.2, 0) is 0 Å². The SMILES string of the molecule is Cc1nc(N)nc(N2CCCC2C)c1[N+](=O)[O-]. The molecule has 2 N–H and O–H groups in total. The molecule has 2 rings (SSSR count). The molecule has 1 aromatic rings. The molecule has 2 heterocycles. The van der Waals surface area contributed by atoms with Crippen molar-refractivity contribution in [2.24, 2.45) is 0 Å². The van der Waals surface area contributed by atoms with Crippen LogP contribution in [0.2, 0.25) is 0 Å². The average molecular weight is 237 g/mol. The van der Waals surface area contributed by atoms with Gasteiger partial charge in [0.1, 0.15) is 5.69 Å². The Labute approximate surface area is 98.8 Å². The van der Waals surface area contributed by atoms with E-state index in [0.717, 1.165) is 19.4 Å². The highest BCUT2D eigenvalue weighted by Crippen LogP contribution is 2.33. The number of aromatic nitrogens is 2. The van der Waals surface area contributed by atoms with E-state index in [1.807, 2.05) is 11.8 Å². The van der Waals surface area contributed by atoms with Crippen molar-refractivity contribution in [1.82, 2.24) is 9.97 Å². The van der Waals surface area contributed by atoms with Crippen LogP contribution in [0.5, 0.6) is 0 Å². The minimum atomic E-state index is -0.435. The van der Waals surface area contributed by atoms with Gasteiger partial charge in [-0.3, -0.25) is 10.1 Å². The third-order valence-electron chi connectivity index (χ3n) is 3.06. The molecule has 0 bridgehead atoms. The van der Waals surface area contributed by atoms with E-state index in [0.29, 0.717) is 11.5 Å². The number of nitrogens with two attached hydrogens (primary N) is 1. The van der Waals surface area contributed by atoms with Gasteiger partial charge in [0.15, 0.2) is 0 Å². The van der Waals surface area contributed by atoms with Crippen LogP contribution in [0.1, 0.15) is 25.5 Å². The van der Waals surface area contributed by atoms with Crippen molar-refractivity contribution in [3.8, 4) is 0 Å². The van der Waals surface area contributed by atoms with Crippen molar-refractivity contribution in [2.45, 2.75) is 32.7 Å². The molecule has 92 valence electrons. The summed E-state index contributed by atoms with van der Waals surface area (Å²) >= 11 is 0. The summed E-state index contributed by atoms with van der Waals surface area (Å²) in [6.45, 7) is 4.39. The second-order valence-electron chi connectivity index (χ2n) is 4.28. The maximum Gasteiger partial charge on any atom is 0.332 e. The van der Waals surface area contributed by atoms with Crippen molar-refractivity contribution in [3.05, 3.63) is 15.8 Å². The van der Waals surface area contributed by atoms with E-state index in [1.54, 1.807) is 6.92 Å². The summed E-state index contributed by atoms with van der Waals surface area (Å²) < 4.78 is 0. The van der Waals surface area contributed by atoms with Crippen LogP contribution >= 0.6 is 0 Å². The van der Waals surface area contributed by atoms with Gasteiger partial charge in [0.05, 0.1) is 4.92 Å². The Morgan fingerprint density at radius 1 is 1.53 bits per heavy atom. The summed E-state index contributed by atoms with van der Waals surface area (Å²) in [5.41, 5.74) is 5.85. The van der Waals surface area contributed by atoms with Crippen LogP contribution in [0, 0.1) is 17.0 Å². The summed E-state index contributed by atoms with van der Waals surface area (Å²) in [5, 5.41) is 11.1. The number of hydrogen-bond acceptors (Lipinski definition) is 6. The molecule has 1 aliphatic rings. The van der Waals surface area contributed by atoms with E-state index in [-0.39, 0.29) is 17.7 Å². The Kier molecular flexibility index (Phi) is 2.83. The van der Waals surface area contributed by atoms with Crippen LogP contribution in [0.3, 0.4) is 0 Å². The van der Waals surface area contributed by atoms with Gasteiger partial charge in [-0.05, 0) is 26.7 Å². The Bertz CT molecular complexity index is 462. The number of nitrogens with zero attached hydrogens (tertiary/aromatic N) is 4. The molecule has 17 heavy (non-hydrogen) atoms. The van der Waals surface area contributed by atoms with Crippen LogP contribution in [0.25, 0.3) is 0 Å². The first kappa shape index (κ1) is 11.6. The van der Waals surface area contributed by atoms with E-state index in [1.165, 1.54) is 0 Å². The second kappa shape index (κ2) is 4.15. The third kappa shape index (κ3) is 2.00. The predicted octanol–water partition coefficient (Wildman–Crippen LogP) is 1.26. The van der Waals surface area contributed by atoms with Crippen LogP contribution in [-0.4, -0.2) is 27.5 Å². The quantitative estimate of drug-likeness (QED) is 0.614. The zero-order chi connectivity index (χ0) is 12.6. The van der Waals surface area contributed by atoms with Gasteiger partial charge in [0.2, 0.25) is 11.8 Å². The molecule has 0 spiro atoms. The van der Waals surface area contributed by atoms with Gasteiger partial charge in [-0.25, -0.2) is 4.98 Å². The van der Waals surface area contributed by atoms with Gasteiger partial charge in [0.25, 0.3) is 0 Å². The molecule has 7 heteroatoms. The fourth-order valence-corrected chi connectivity index (χ4v) is 2.23. The summed E-state index contributed by atoms with van der Waals surface area (Å²) in [7, 11) is 0. The molecule has 0 radical (unpaired) electrons. The van der Waals surface area contributed by atoms with Gasteiger partial charge in [-0.2, -0.15) is 4.98 Å². The lowest BCUT2D eigenvalue weighted by Gasteiger charge is -2.22. The average Bonchev–Trinajstić information content (AvgIpc) is 2.62. The summed E-state index contributed by atoms with van der Waals surface area (Å²) in [6, 6.07) is 0.252. The summed E-state index contributed by atoms with van der Waals surface area (Å²) in [4.78, 5) is 20.5. The normalized spacial score (nSPS) is 19.6. The molecule has 1 aliphatic heterocycles. The van der Waals surface area contributed by atoms with Gasteiger partial charge in [-0.15, -0.1) is 0 Å². The molecule has 1 fully saturated rings. The summed E-state index contributed by atoms with van der Waals surface area (Å²) in [6.07, 6.45) is 2.03. The molecular weight excluding hydrogens is 222 g/mol. The molecule has 0 saturated carbocycles. The minimum Gasteiger partial charge on any atom is -0.368 e. The zero-order valence-electron chi connectivity index (χ0n) is 9.88. The van der Waals surface area contributed by atoms with Gasteiger partial charge in [-0.1, -0.05) is 0 Å². The number of nitro groups is 1. The van der Waals surface area contributed by atoms with Crippen molar-refractivity contribution >= 4 is 17.5 Å². The lowest BCUT2D eigenvalue weighted by Crippen LogP contribution is -2.28. The molecule has 0 amide bonds. The Morgan fingerprint density at radius 2 is 2.24 bits per heavy atom. The minimum absolute atomic E-state index is 0.0343. The van der Waals surface area contributed by atoms with Crippen LogP contribution in [0.4, 0.5) is 17.5 Å². The highest BCUT2D eigenvalue weighted by Gasteiger charge is 2.31. The highest BCUT2D eigenvalue weighted by atomic mass is 16.6. The fourth-order valence-electron chi connectivity index (χ4n) is 2.23. The Morgan fingerprint density at radius 3 is 2.76 bits per heavy atom. The topological polar surface area (TPSA) is 98.2 Å². The predicted molar refractivity (Wildman–Crippen MR) is 63.9 cm³/mol. The van der Waals surface area contributed by atoms with Crippen LogP contribution in [0.15, 0.2) is 0 Å². The van der Waals surface area contributed by atoms with E-state index in [4.69, 9.17) is 5.73 Å². The van der Waals surface area contributed by atoms with Crippen LogP contribution < -0.4 is 10.6 Å². The van der Waals surface area contributed by atoms with E-state index >= 15 is 0 Å². The standard InChI is InChI=1S/C10H15N5O2/c1-6-4-3-5-14(6)9-8(15(16)17)7(2)12-10(11)13-9/h6H,3-5H2,1-2H3,(H2,11,12,13). The molecule has 7 nitrogen and oxygen atoms in total. The van der Waals surface area contributed by atoms with Crippen molar-refractivity contribution < 1.29 is 4.92 Å². The maximum atomic E-state index is 11.1. The summed E-state index contributed by atoms with van der Waals surface area (Å²) in [5.74, 6) is 0.437. The molecular formula is C10H15N5O2. The maximum absolute atomic E-state index is 11.1. The largest absolute Gasteiger partial charge is 0.368 e. The molecule has 1 aromatic heterocycles. The Balaban J connectivity index is 2.54. The van der Waals surface area contributed by atoms with Crippen molar-refractivity contribution in [2.75, 3.05) is 17.2 Å². The molecule has 0 aromatic carbocycles. The van der Waals surface area contributed by atoms with E-state index in [9.17, 15) is 10.1 Å². The number of hydrogen-bond donors (Lipinski definition) is 1. The lowest BCUT2D eigenvalue weighted by atomic mass is 10.2. The molecule has 1 saturated heterocycles. The number of rotatable bonds is 2. The van der Waals surface area contributed by atoms with E-state index in [2.05, 4.69) is 9.97 Å². The number of anilines is 2. The van der Waals surface area contributed by atoms with Gasteiger partial charge < -0.3 is 10.6 Å². The molecule has 1 unspecified atom stereocenters. The first-order valence-electron chi connectivity index (χ1n) is 5.56. The Hall–Kier alpha value is -1.92. The van der Waals surface area contributed by atoms with Gasteiger partial charge >= 0.3 is 5.69 Å². The lowest BCUT2D eigenvalue weighted by molar-refractivity contribution is -0.385. The highest BCUT2D eigenvalue weighted by molar-refractivity contribution is 5.62. The molecule has 1 atom stereocenters. The van der Waals surface area contributed by atoms with Crippen molar-refractivity contribution in [1.29, 1.82) is 0 Å². The van der Waals surface area contributed by atoms with Crippen molar-refractivity contribution in [3.63, 3.8) is 0 Å². The number of nitrogen functional groups attached to an aromatic ring is 1. The third-order valence-corrected chi connectivity index (χ3v) is 3.06. The number of aryl methyl sites for hydroxylation is 1. The molecule has 0 aliphatic carbocycles. The zero-order valence-corrected chi connectivity index (χ0v) is 9.88.